The summed E-state index contributed by atoms with van der Waals surface area (Å²) in [6, 6.07) is 16.1. The highest BCUT2D eigenvalue weighted by atomic mass is 16.7. The lowest BCUT2D eigenvalue weighted by molar-refractivity contribution is -0.132. The summed E-state index contributed by atoms with van der Waals surface area (Å²) < 4.78 is 27.7. The van der Waals surface area contributed by atoms with Gasteiger partial charge in [0.1, 0.15) is 24.7 Å². The first kappa shape index (κ1) is 22.8. The highest BCUT2D eigenvalue weighted by Gasteiger charge is 2.47. The molecule has 6 rings (SSSR count). The third-order valence-electron chi connectivity index (χ3n) is 6.40. The van der Waals surface area contributed by atoms with Crippen molar-refractivity contribution in [3.05, 3.63) is 77.4 Å². The Morgan fingerprint density at radius 1 is 0.892 bits per heavy atom. The monoisotopic (exact) mass is 501 g/mol. The lowest BCUT2D eigenvalue weighted by Gasteiger charge is -2.26. The summed E-state index contributed by atoms with van der Waals surface area (Å²) in [5.41, 5.74) is 1.36. The van der Waals surface area contributed by atoms with Crippen molar-refractivity contribution in [3.8, 4) is 28.7 Å². The zero-order valence-electron chi connectivity index (χ0n) is 19.9. The normalized spacial score (nSPS) is 19.3. The second kappa shape index (κ2) is 9.09. The molecule has 1 saturated heterocycles. The summed E-state index contributed by atoms with van der Waals surface area (Å²) in [7, 11) is 0. The van der Waals surface area contributed by atoms with Gasteiger partial charge in [0.15, 0.2) is 23.0 Å². The molecule has 0 spiro atoms. The number of aliphatic hydroxyl groups is 1. The quantitative estimate of drug-likeness (QED) is 0.315. The molecule has 37 heavy (non-hydrogen) atoms. The summed E-state index contributed by atoms with van der Waals surface area (Å²) in [4.78, 5) is 28.2. The van der Waals surface area contributed by atoms with Crippen LogP contribution in [0.3, 0.4) is 0 Å². The van der Waals surface area contributed by atoms with Crippen molar-refractivity contribution in [2.75, 3.05) is 31.5 Å². The predicted molar refractivity (Wildman–Crippen MR) is 132 cm³/mol. The van der Waals surface area contributed by atoms with E-state index in [1.165, 1.54) is 4.90 Å². The zero-order valence-corrected chi connectivity index (χ0v) is 19.9. The Hall–Kier alpha value is -4.66. The minimum Gasteiger partial charge on any atom is -0.507 e. The van der Waals surface area contributed by atoms with E-state index in [0.29, 0.717) is 65.4 Å². The highest BCUT2D eigenvalue weighted by molar-refractivity contribution is 6.51. The lowest BCUT2D eigenvalue weighted by Crippen LogP contribution is -2.29. The van der Waals surface area contributed by atoms with Crippen LogP contribution >= 0.6 is 0 Å². The van der Waals surface area contributed by atoms with Gasteiger partial charge in [-0.3, -0.25) is 14.5 Å². The van der Waals surface area contributed by atoms with Crippen LogP contribution in [0.15, 0.2) is 66.2 Å². The van der Waals surface area contributed by atoms with Gasteiger partial charge in [0.2, 0.25) is 6.79 Å². The average Bonchev–Trinajstić information content (AvgIpc) is 3.50. The number of ketones is 1. The molecule has 1 atom stereocenters. The minimum atomic E-state index is -0.899. The van der Waals surface area contributed by atoms with Crippen molar-refractivity contribution in [1.29, 1.82) is 0 Å². The van der Waals surface area contributed by atoms with E-state index in [0.717, 1.165) is 0 Å². The van der Waals surface area contributed by atoms with Crippen molar-refractivity contribution >= 4 is 23.1 Å². The fourth-order valence-corrected chi connectivity index (χ4v) is 4.71. The standard InChI is InChI=1S/C28H23NO8/c1-2-33-19-7-3-16(4-8-19)25-24(26(30)17-5-9-20-22(13-17)35-12-11-34-20)27(31)28(32)29(25)18-6-10-21-23(14-18)37-15-36-21/h3-10,13-14,25,30H,2,11-12,15H2,1H3/b26-24-. The molecule has 1 N–H and O–H groups in total. The second-order valence-electron chi connectivity index (χ2n) is 8.57. The number of nitrogens with zero attached hydrogens (tertiary/aromatic N) is 1. The van der Waals surface area contributed by atoms with Crippen molar-refractivity contribution in [2.24, 2.45) is 0 Å². The summed E-state index contributed by atoms with van der Waals surface area (Å²) in [6.45, 7) is 3.26. The third kappa shape index (κ3) is 3.88. The largest absolute Gasteiger partial charge is 0.507 e. The molecule has 3 aromatic carbocycles. The molecule has 3 heterocycles. The van der Waals surface area contributed by atoms with E-state index in [2.05, 4.69) is 0 Å². The van der Waals surface area contributed by atoms with Crippen LogP contribution in [-0.2, 0) is 9.59 Å². The molecule has 3 aliphatic rings. The summed E-state index contributed by atoms with van der Waals surface area (Å²) in [6.07, 6.45) is 0. The Kier molecular flexibility index (Phi) is 5.60. The van der Waals surface area contributed by atoms with Gasteiger partial charge in [-0.25, -0.2) is 0 Å². The molecule has 0 aromatic heterocycles. The van der Waals surface area contributed by atoms with Gasteiger partial charge in [0.25, 0.3) is 11.7 Å². The summed E-state index contributed by atoms with van der Waals surface area (Å²) >= 11 is 0. The van der Waals surface area contributed by atoms with Crippen LogP contribution in [-0.4, -0.2) is 43.4 Å². The van der Waals surface area contributed by atoms with Crippen LogP contribution in [0.2, 0.25) is 0 Å². The maximum Gasteiger partial charge on any atom is 0.300 e. The zero-order chi connectivity index (χ0) is 25.5. The van der Waals surface area contributed by atoms with E-state index < -0.39 is 17.7 Å². The number of hydrogen-bond acceptors (Lipinski definition) is 8. The predicted octanol–water partition coefficient (Wildman–Crippen LogP) is 4.21. The summed E-state index contributed by atoms with van der Waals surface area (Å²) in [5, 5.41) is 11.4. The first-order valence-electron chi connectivity index (χ1n) is 11.9. The fourth-order valence-electron chi connectivity index (χ4n) is 4.71. The number of ether oxygens (including phenoxy) is 5. The maximum absolute atomic E-state index is 13.4. The fraction of sp³-hybridized carbons (Fsp3) is 0.214. The number of aliphatic hydroxyl groups excluding tert-OH is 1. The molecule has 1 amide bonds. The minimum absolute atomic E-state index is 0.0384. The van der Waals surface area contributed by atoms with Gasteiger partial charge >= 0.3 is 0 Å². The molecule has 188 valence electrons. The molecule has 1 unspecified atom stereocenters. The van der Waals surface area contributed by atoms with E-state index in [4.69, 9.17) is 23.7 Å². The van der Waals surface area contributed by atoms with Crippen LogP contribution in [0.5, 0.6) is 28.7 Å². The molecule has 3 aliphatic heterocycles. The van der Waals surface area contributed by atoms with E-state index in [-0.39, 0.29) is 18.1 Å². The number of fused-ring (bicyclic) bond motifs is 2. The van der Waals surface area contributed by atoms with Crippen molar-refractivity contribution in [1.82, 2.24) is 0 Å². The average molecular weight is 501 g/mol. The number of hydrogen-bond donors (Lipinski definition) is 1. The van der Waals surface area contributed by atoms with Gasteiger partial charge in [-0.15, -0.1) is 0 Å². The molecule has 0 saturated carbocycles. The van der Waals surface area contributed by atoms with Crippen molar-refractivity contribution < 1.29 is 38.4 Å². The molecular weight excluding hydrogens is 478 g/mol. The van der Waals surface area contributed by atoms with Crippen LogP contribution in [0.25, 0.3) is 5.76 Å². The van der Waals surface area contributed by atoms with Gasteiger partial charge in [0, 0.05) is 17.3 Å². The second-order valence-corrected chi connectivity index (χ2v) is 8.57. The molecular formula is C28H23NO8. The Bertz CT molecular complexity index is 1430. The van der Waals surface area contributed by atoms with Crippen LogP contribution in [0.1, 0.15) is 24.1 Å². The highest BCUT2D eigenvalue weighted by Crippen LogP contribution is 2.45. The van der Waals surface area contributed by atoms with E-state index in [9.17, 15) is 14.7 Å². The van der Waals surface area contributed by atoms with Crippen molar-refractivity contribution in [3.63, 3.8) is 0 Å². The Morgan fingerprint density at radius 3 is 2.35 bits per heavy atom. The number of amides is 1. The third-order valence-corrected chi connectivity index (χ3v) is 6.40. The Morgan fingerprint density at radius 2 is 1.57 bits per heavy atom. The molecule has 9 nitrogen and oxygen atoms in total. The van der Waals surface area contributed by atoms with Crippen LogP contribution in [0.4, 0.5) is 5.69 Å². The first-order chi connectivity index (χ1) is 18.0. The number of anilines is 1. The lowest BCUT2D eigenvalue weighted by atomic mass is 9.95. The van der Waals surface area contributed by atoms with Gasteiger partial charge < -0.3 is 28.8 Å². The first-order valence-corrected chi connectivity index (χ1v) is 11.9. The number of Topliss-reactive ketones (excluding diaryl/α,β-unsaturated/α-hetero) is 1. The number of benzene rings is 3. The van der Waals surface area contributed by atoms with Gasteiger partial charge in [-0.05, 0) is 55.0 Å². The molecule has 9 heteroatoms. The molecule has 1 fully saturated rings. The smallest absolute Gasteiger partial charge is 0.300 e. The van der Waals surface area contributed by atoms with Gasteiger partial charge in [-0.2, -0.15) is 0 Å². The maximum atomic E-state index is 13.4. The van der Waals surface area contributed by atoms with Gasteiger partial charge in [-0.1, -0.05) is 12.1 Å². The van der Waals surface area contributed by atoms with Crippen molar-refractivity contribution in [2.45, 2.75) is 13.0 Å². The molecule has 3 aromatic rings. The summed E-state index contributed by atoms with van der Waals surface area (Å²) in [5.74, 6) is 0.798. The Labute approximate surface area is 212 Å². The van der Waals surface area contributed by atoms with Gasteiger partial charge in [0.05, 0.1) is 18.2 Å². The molecule has 0 radical (unpaired) electrons. The SMILES string of the molecule is CCOc1ccc(C2/C(=C(/O)c3ccc4c(c3)OCCO4)C(=O)C(=O)N2c2ccc3c(c2)OCO3)cc1. The Balaban J connectivity index is 1.50. The number of carbonyl (C=O) groups is 2. The van der Waals surface area contributed by atoms with Crippen LogP contribution < -0.4 is 28.6 Å². The molecule has 0 bridgehead atoms. The topological polar surface area (TPSA) is 104 Å². The van der Waals surface area contributed by atoms with Crippen LogP contribution in [0, 0.1) is 0 Å². The number of carbonyl (C=O) groups excluding carboxylic acids is 2. The van der Waals surface area contributed by atoms with E-state index in [1.807, 2.05) is 6.92 Å². The van der Waals surface area contributed by atoms with E-state index >= 15 is 0 Å². The number of rotatable bonds is 5. The molecule has 0 aliphatic carbocycles. The van der Waals surface area contributed by atoms with E-state index in [1.54, 1.807) is 60.7 Å².